The summed E-state index contributed by atoms with van der Waals surface area (Å²) < 4.78 is 6.40. The molecule has 0 unspecified atom stereocenters. The van der Waals surface area contributed by atoms with Crippen molar-refractivity contribution in [3.8, 4) is 0 Å². The molecule has 0 saturated carbocycles. The molecule has 0 radical (unpaired) electrons. The molecular weight excluding hydrogens is 324 g/mol. The Morgan fingerprint density at radius 1 is 1.33 bits per heavy atom. The third kappa shape index (κ3) is 2.72. The summed E-state index contributed by atoms with van der Waals surface area (Å²) in [6.45, 7) is 0.154. The highest BCUT2D eigenvalue weighted by Gasteiger charge is 2.24. The number of aliphatic hydroxyl groups is 1. The number of amides is 1. The smallest absolute Gasteiger partial charge is 0.273 e. The van der Waals surface area contributed by atoms with Crippen molar-refractivity contribution in [1.29, 1.82) is 0 Å². The fourth-order valence-electron chi connectivity index (χ4n) is 3.20. The Kier molecular flexibility index (Phi) is 4.08. The topological polar surface area (TPSA) is 75.4 Å². The highest BCUT2D eigenvalue weighted by molar-refractivity contribution is 7.17. The first-order valence-electron chi connectivity index (χ1n) is 8.14. The van der Waals surface area contributed by atoms with Gasteiger partial charge in [0.2, 0.25) is 0 Å². The number of aliphatic hydroxyl groups excluding tert-OH is 1. The lowest BCUT2D eigenvalue weighted by Gasteiger charge is -2.12. The maximum absolute atomic E-state index is 12.4. The van der Waals surface area contributed by atoms with Crippen molar-refractivity contribution in [2.75, 3.05) is 6.54 Å². The van der Waals surface area contributed by atoms with Crippen molar-refractivity contribution in [2.45, 2.75) is 31.8 Å². The van der Waals surface area contributed by atoms with Crippen LogP contribution in [0, 0.1) is 0 Å². The van der Waals surface area contributed by atoms with Gasteiger partial charge in [0.25, 0.3) is 5.91 Å². The molecule has 24 heavy (non-hydrogen) atoms. The van der Waals surface area contributed by atoms with Crippen LogP contribution in [0.15, 0.2) is 34.2 Å². The minimum Gasteiger partial charge on any atom is -0.387 e. The van der Waals surface area contributed by atoms with Crippen molar-refractivity contribution in [3.05, 3.63) is 52.2 Å². The van der Waals surface area contributed by atoms with Crippen LogP contribution in [0.5, 0.6) is 0 Å². The number of nitrogens with one attached hydrogen (secondary N) is 1. The number of hydrogen-bond donors (Lipinski definition) is 2. The molecule has 5 nitrogen and oxygen atoms in total. The molecular formula is C18H18N2O3S. The number of rotatable bonds is 4. The van der Waals surface area contributed by atoms with E-state index in [1.54, 1.807) is 11.3 Å². The van der Waals surface area contributed by atoms with Crippen LogP contribution in [0.25, 0.3) is 10.1 Å². The SMILES string of the molecule is O=C(NC[C@H](O)c1csc2ccccc12)c1noc2c1CCCC2. The van der Waals surface area contributed by atoms with Crippen molar-refractivity contribution in [1.82, 2.24) is 10.5 Å². The van der Waals surface area contributed by atoms with E-state index < -0.39 is 6.10 Å². The van der Waals surface area contributed by atoms with Crippen LogP contribution in [0.4, 0.5) is 0 Å². The highest BCUT2D eigenvalue weighted by atomic mass is 32.1. The number of thiophene rings is 1. The van der Waals surface area contributed by atoms with Crippen molar-refractivity contribution < 1.29 is 14.4 Å². The first-order chi connectivity index (χ1) is 11.7. The monoisotopic (exact) mass is 342 g/mol. The molecule has 2 heterocycles. The average Bonchev–Trinajstić information content (AvgIpc) is 3.23. The van der Waals surface area contributed by atoms with E-state index in [1.807, 2.05) is 29.6 Å². The van der Waals surface area contributed by atoms with Gasteiger partial charge in [-0.2, -0.15) is 0 Å². The molecule has 1 atom stereocenters. The number of nitrogens with zero attached hydrogens (tertiary/aromatic N) is 1. The summed E-state index contributed by atoms with van der Waals surface area (Å²) in [5.41, 5.74) is 2.14. The molecule has 0 bridgehead atoms. The van der Waals surface area contributed by atoms with Gasteiger partial charge in [0, 0.05) is 28.8 Å². The Hall–Kier alpha value is -2.18. The summed E-state index contributed by atoms with van der Waals surface area (Å²) in [6, 6.07) is 7.94. The number of carbonyl (C=O) groups excluding carboxylic acids is 1. The van der Waals surface area contributed by atoms with Crippen LogP contribution >= 0.6 is 11.3 Å². The van der Waals surface area contributed by atoms with Gasteiger partial charge < -0.3 is 14.9 Å². The van der Waals surface area contributed by atoms with Crippen LogP contribution in [0.1, 0.15) is 46.3 Å². The molecule has 0 saturated heterocycles. The van der Waals surface area contributed by atoms with Gasteiger partial charge in [-0.3, -0.25) is 4.79 Å². The van der Waals surface area contributed by atoms with Gasteiger partial charge in [0.05, 0.1) is 6.10 Å². The third-order valence-electron chi connectivity index (χ3n) is 4.49. The van der Waals surface area contributed by atoms with Crippen molar-refractivity contribution in [2.24, 2.45) is 0 Å². The molecule has 2 N–H and O–H groups in total. The van der Waals surface area contributed by atoms with Crippen LogP contribution in [-0.2, 0) is 12.8 Å². The Balaban J connectivity index is 1.46. The molecule has 3 aromatic rings. The molecule has 1 amide bonds. The van der Waals surface area contributed by atoms with Gasteiger partial charge >= 0.3 is 0 Å². The first-order valence-corrected chi connectivity index (χ1v) is 9.02. The quantitative estimate of drug-likeness (QED) is 0.763. The van der Waals surface area contributed by atoms with E-state index in [1.165, 1.54) is 0 Å². The fraction of sp³-hybridized carbons (Fsp3) is 0.333. The summed E-state index contributed by atoms with van der Waals surface area (Å²) in [5, 5.41) is 20.1. The lowest BCUT2D eigenvalue weighted by molar-refractivity contribution is 0.0907. The maximum Gasteiger partial charge on any atom is 0.273 e. The molecule has 1 aliphatic carbocycles. The van der Waals surface area contributed by atoms with Gasteiger partial charge in [-0.25, -0.2) is 0 Å². The van der Waals surface area contributed by atoms with Crippen LogP contribution in [-0.4, -0.2) is 22.7 Å². The maximum atomic E-state index is 12.4. The Bertz CT molecular complexity index is 883. The van der Waals surface area contributed by atoms with E-state index in [9.17, 15) is 9.90 Å². The number of aromatic nitrogens is 1. The van der Waals surface area contributed by atoms with Gasteiger partial charge in [-0.05, 0) is 36.1 Å². The predicted octanol–water partition coefficient (Wildman–Crippen LogP) is 3.23. The Morgan fingerprint density at radius 2 is 2.17 bits per heavy atom. The summed E-state index contributed by atoms with van der Waals surface area (Å²) in [5.74, 6) is 0.552. The first kappa shape index (κ1) is 15.4. The zero-order valence-electron chi connectivity index (χ0n) is 13.1. The van der Waals surface area contributed by atoms with Crippen LogP contribution < -0.4 is 5.32 Å². The van der Waals surface area contributed by atoms with Gasteiger partial charge in [0.1, 0.15) is 5.76 Å². The summed E-state index contributed by atoms with van der Waals surface area (Å²) in [6.07, 6.45) is 3.07. The van der Waals surface area contributed by atoms with Gasteiger partial charge in [-0.15, -0.1) is 11.3 Å². The lowest BCUT2D eigenvalue weighted by Crippen LogP contribution is -2.29. The minimum atomic E-state index is -0.743. The molecule has 6 heteroatoms. The number of fused-ring (bicyclic) bond motifs is 2. The molecule has 2 aromatic heterocycles. The van der Waals surface area contributed by atoms with E-state index >= 15 is 0 Å². The van der Waals surface area contributed by atoms with E-state index in [0.29, 0.717) is 5.69 Å². The Labute approximate surface area is 143 Å². The second kappa shape index (κ2) is 6.37. The number of hydrogen-bond acceptors (Lipinski definition) is 5. The molecule has 4 rings (SSSR count). The highest BCUT2D eigenvalue weighted by Crippen LogP contribution is 2.30. The van der Waals surface area contributed by atoms with E-state index in [4.69, 9.17) is 4.52 Å². The van der Waals surface area contributed by atoms with Crippen molar-refractivity contribution in [3.63, 3.8) is 0 Å². The normalized spacial score (nSPS) is 15.2. The fourth-order valence-corrected chi connectivity index (χ4v) is 4.21. The lowest BCUT2D eigenvalue weighted by atomic mass is 9.96. The molecule has 0 spiro atoms. The number of benzene rings is 1. The molecule has 124 valence electrons. The number of aryl methyl sites for hydroxylation is 1. The zero-order chi connectivity index (χ0) is 16.5. The summed E-state index contributed by atoms with van der Waals surface area (Å²) >= 11 is 1.59. The predicted molar refractivity (Wildman–Crippen MR) is 92.3 cm³/mol. The molecule has 1 aromatic carbocycles. The van der Waals surface area contributed by atoms with Gasteiger partial charge in [-0.1, -0.05) is 23.4 Å². The van der Waals surface area contributed by atoms with Crippen molar-refractivity contribution >= 4 is 27.3 Å². The summed E-state index contributed by atoms with van der Waals surface area (Å²) in [4.78, 5) is 12.4. The standard InChI is InChI=1S/C18H18N2O3S/c21-14(13-10-24-16-8-4-2-5-11(13)16)9-19-18(22)17-12-6-1-3-7-15(12)23-20-17/h2,4-5,8,10,14,21H,1,3,6-7,9H2,(H,19,22)/t14-/m0/s1. The second-order valence-electron chi connectivity index (χ2n) is 6.05. The Morgan fingerprint density at radius 3 is 3.08 bits per heavy atom. The van der Waals surface area contributed by atoms with Crippen LogP contribution in [0.3, 0.4) is 0 Å². The van der Waals surface area contributed by atoms with E-state index in [2.05, 4.69) is 10.5 Å². The van der Waals surface area contributed by atoms with E-state index in [-0.39, 0.29) is 12.5 Å². The average molecular weight is 342 g/mol. The third-order valence-corrected chi connectivity index (χ3v) is 5.47. The second-order valence-corrected chi connectivity index (χ2v) is 6.96. The zero-order valence-corrected chi connectivity index (χ0v) is 13.9. The van der Waals surface area contributed by atoms with Gasteiger partial charge in [0.15, 0.2) is 5.69 Å². The number of carbonyl (C=O) groups is 1. The molecule has 0 fully saturated rings. The largest absolute Gasteiger partial charge is 0.387 e. The van der Waals surface area contributed by atoms with Crippen LogP contribution in [0.2, 0.25) is 0 Å². The minimum absolute atomic E-state index is 0.154. The molecule has 0 aliphatic heterocycles. The molecule has 1 aliphatic rings. The summed E-state index contributed by atoms with van der Waals surface area (Å²) in [7, 11) is 0. The van der Waals surface area contributed by atoms with E-state index in [0.717, 1.165) is 52.7 Å².